The summed E-state index contributed by atoms with van der Waals surface area (Å²) in [5, 5.41) is 0.157. The SMILES string of the molecule is Fc1cccc(-c2ccccc2Br)c1Cl. The fraction of sp³-hybridized carbons (Fsp3) is 0. The first-order chi connectivity index (χ1) is 7.20. The average Bonchev–Trinajstić information content (AvgIpc) is 2.23. The van der Waals surface area contributed by atoms with Crippen molar-refractivity contribution in [2.75, 3.05) is 0 Å². The Morgan fingerprint density at radius 2 is 1.60 bits per heavy atom. The highest BCUT2D eigenvalue weighted by molar-refractivity contribution is 9.10. The molecule has 0 nitrogen and oxygen atoms in total. The van der Waals surface area contributed by atoms with Crippen molar-refractivity contribution in [2.24, 2.45) is 0 Å². The molecule has 2 aromatic rings. The predicted molar refractivity (Wildman–Crippen MR) is 64.5 cm³/mol. The Labute approximate surface area is 101 Å². The van der Waals surface area contributed by atoms with Crippen molar-refractivity contribution in [1.82, 2.24) is 0 Å². The van der Waals surface area contributed by atoms with E-state index in [9.17, 15) is 4.39 Å². The summed E-state index contributed by atoms with van der Waals surface area (Å²) in [6.07, 6.45) is 0. The Kier molecular flexibility index (Phi) is 3.08. The lowest BCUT2D eigenvalue weighted by Crippen LogP contribution is -1.84. The number of halogens is 3. The van der Waals surface area contributed by atoms with Gasteiger partial charge in [-0.15, -0.1) is 0 Å². The van der Waals surface area contributed by atoms with Crippen LogP contribution in [0.1, 0.15) is 0 Å². The predicted octanol–water partition coefficient (Wildman–Crippen LogP) is 4.91. The lowest BCUT2D eigenvalue weighted by Gasteiger charge is -2.06. The molecule has 0 unspecified atom stereocenters. The summed E-state index contributed by atoms with van der Waals surface area (Å²) in [5.74, 6) is -0.398. The molecule has 0 spiro atoms. The van der Waals surface area contributed by atoms with E-state index in [0.717, 1.165) is 10.0 Å². The second-order valence-corrected chi connectivity index (χ2v) is 4.31. The molecule has 2 rings (SSSR count). The largest absolute Gasteiger partial charge is 0.205 e. The van der Waals surface area contributed by atoms with Crippen molar-refractivity contribution in [2.45, 2.75) is 0 Å². The maximum atomic E-state index is 13.2. The monoisotopic (exact) mass is 284 g/mol. The highest BCUT2D eigenvalue weighted by atomic mass is 79.9. The van der Waals surface area contributed by atoms with E-state index in [-0.39, 0.29) is 5.02 Å². The van der Waals surface area contributed by atoms with E-state index in [2.05, 4.69) is 15.9 Å². The van der Waals surface area contributed by atoms with Crippen molar-refractivity contribution in [3.05, 3.63) is 57.8 Å². The zero-order valence-corrected chi connectivity index (χ0v) is 10.0. The molecule has 0 N–H and O–H groups in total. The van der Waals surface area contributed by atoms with Crippen LogP contribution in [-0.4, -0.2) is 0 Å². The molecule has 2 aromatic carbocycles. The van der Waals surface area contributed by atoms with Crippen LogP contribution in [0.2, 0.25) is 5.02 Å². The molecule has 0 bridgehead atoms. The van der Waals surface area contributed by atoms with E-state index < -0.39 is 5.82 Å². The molecule has 0 saturated carbocycles. The molecular formula is C12H7BrClF. The molecule has 0 aliphatic carbocycles. The Hall–Kier alpha value is -0.860. The fourth-order valence-electron chi connectivity index (χ4n) is 1.39. The summed E-state index contributed by atoms with van der Waals surface area (Å²) in [7, 11) is 0. The first-order valence-electron chi connectivity index (χ1n) is 4.39. The van der Waals surface area contributed by atoms with Gasteiger partial charge in [-0.3, -0.25) is 0 Å². The second kappa shape index (κ2) is 4.33. The molecule has 0 aliphatic rings. The van der Waals surface area contributed by atoms with Crippen LogP contribution in [0.3, 0.4) is 0 Å². The van der Waals surface area contributed by atoms with Gasteiger partial charge in [0.05, 0.1) is 5.02 Å². The first-order valence-corrected chi connectivity index (χ1v) is 5.56. The van der Waals surface area contributed by atoms with Crippen LogP contribution >= 0.6 is 27.5 Å². The standard InChI is InChI=1S/C12H7BrClF/c13-10-6-2-1-4-8(10)9-5-3-7-11(15)12(9)14/h1-7H. The molecule has 0 heterocycles. The van der Waals surface area contributed by atoms with Gasteiger partial charge in [-0.2, -0.15) is 0 Å². The van der Waals surface area contributed by atoms with Crippen LogP contribution in [0, 0.1) is 5.82 Å². The van der Waals surface area contributed by atoms with Crippen molar-refractivity contribution in [3.63, 3.8) is 0 Å². The van der Waals surface area contributed by atoms with E-state index in [0.29, 0.717) is 5.56 Å². The molecule has 0 fully saturated rings. The zero-order chi connectivity index (χ0) is 10.8. The van der Waals surface area contributed by atoms with Gasteiger partial charge in [0.1, 0.15) is 5.82 Å². The van der Waals surface area contributed by atoms with Gasteiger partial charge in [-0.05, 0) is 17.7 Å². The van der Waals surface area contributed by atoms with Crippen molar-refractivity contribution < 1.29 is 4.39 Å². The van der Waals surface area contributed by atoms with Gasteiger partial charge in [0, 0.05) is 10.0 Å². The minimum Gasteiger partial charge on any atom is -0.205 e. The van der Waals surface area contributed by atoms with Gasteiger partial charge in [0.2, 0.25) is 0 Å². The van der Waals surface area contributed by atoms with Gasteiger partial charge >= 0.3 is 0 Å². The maximum Gasteiger partial charge on any atom is 0.142 e. The van der Waals surface area contributed by atoms with Crippen molar-refractivity contribution in [3.8, 4) is 11.1 Å². The second-order valence-electron chi connectivity index (χ2n) is 3.08. The average molecular weight is 286 g/mol. The van der Waals surface area contributed by atoms with Gasteiger partial charge < -0.3 is 0 Å². The minimum absolute atomic E-state index is 0.157. The van der Waals surface area contributed by atoms with Gasteiger partial charge in [-0.25, -0.2) is 4.39 Å². The van der Waals surface area contributed by atoms with Crippen LogP contribution in [0.25, 0.3) is 11.1 Å². The van der Waals surface area contributed by atoms with Crippen molar-refractivity contribution in [1.29, 1.82) is 0 Å². The number of rotatable bonds is 1. The quantitative estimate of drug-likeness (QED) is 0.698. The number of benzene rings is 2. The third-order valence-corrected chi connectivity index (χ3v) is 3.19. The Morgan fingerprint density at radius 3 is 2.33 bits per heavy atom. The summed E-state index contributed by atoms with van der Waals surface area (Å²) in [6, 6.07) is 12.4. The number of hydrogen-bond acceptors (Lipinski definition) is 0. The summed E-state index contributed by atoms with van der Waals surface area (Å²) in [4.78, 5) is 0. The van der Waals surface area contributed by atoms with Gasteiger partial charge in [0.25, 0.3) is 0 Å². The third-order valence-electron chi connectivity index (χ3n) is 2.12. The summed E-state index contributed by atoms with van der Waals surface area (Å²) in [6.45, 7) is 0. The molecule has 0 atom stereocenters. The van der Waals surface area contributed by atoms with E-state index in [4.69, 9.17) is 11.6 Å². The Balaban J connectivity index is 2.65. The van der Waals surface area contributed by atoms with E-state index in [1.807, 2.05) is 24.3 Å². The normalized spacial score (nSPS) is 10.3. The van der Waals surface area contributed by atoms with E-state index in [1.54, 1.807) is 12.1 Å². The molecule has 15 heavy (non-hydrogen) atoms. The summed E-state index contributed by atoms with van der Waals surface area (Å²) in [5.41, 5.74) is 1.59. The smallest absolute Gasteiger partial charge is 0.142 e. The minimum atomic E-state index is -0.398. The van der Waals surface area contributed by atoms with E-state index in [1.165, 1.54) is 6.07 Å². The number of hydrogen-bond donors (Lipinski definition) is 0. The molecule has 0 amide bonds. The third kappa shape index (κ3) is 2.06. The van der Waals surface area contributed by atoms with E-state index >= 15 is 0 Å². The first kappa shape index (κ1) is 10.7. The zero-order valence-electron chi connectivity index (χ0n) is 7.68. The Bertz CT molecular complexity index is 497. The maximum absolute atomic E-state index is 13.2. The van der Waals surface area contributed by atoms with Crippen LogP contribution in [0.4, 0.5) is 4.39 Å². The van der Waals surface area contributed by atoms with Crippen LogP contribution in [0.15, 0.2) is 46.9 Å². The highest BCUT2D eigenvalue weighted by Gasteiger charge is 2.09. The fourth-order valence-corrected chi connectivity index (χ4v) is 2.12. The van der Waals surface area contributed by atoms with Crippen LogP contribution in [0.5, 0.6) is 0 Å². The molecule has 0 saturated heterocycles. The lowest BCUT2D eigenvalue weighted by molar-refractivity contribution is 0.629. The van der Waals surface area contributed by atoms with Gasteiger partial charge in [-0.1, -0.05) is 57.9 Å². The summed E-state index contributed by atoms with van der Waals surface area (Å²) < 4.78 is 14.1. The van der Waals surface area contributed by atoms with Crippen LogP contribution < -0.4 is 0 Å². The molecule has 76 valence electrons. The van der Waals surface area contributed by atoms with Crippen LogP contribution in [-0.2, 0) is 0 Å². The molecule has 0 radical (unpaired) electrons. The van der Waals surface area contributed by atoms with Gasteiger partial charge in [0.15, 0.2) is 0 Å². The molecular weight excluding hydrogens is 278 g/mol. The topological polar surface area (TPSA) is 0 Å². The molecule has 3 heteroatoms. The highest BCUT2D eigenvalue weighted by Crippen LogP contribution is 2.34. The lowest BCUT2D eigenvalue weighted by atomic mass is 10.1. The molecule has 0 aromatic heterocycles. The molecule has 0 aliphatic heterocycles. The Morgan fingerprint density at radius 1 is 0.933 bits per heavy atom. The van der Waals surface area contributed by atoms with Crippen molar-refractivity contribution >= 4 is 27.5 Å². The summed E-state index contributed by atoms with van der Waals surface area (Å²) >= 11 is 9.31.